The van der Waals surface area contributed by atoms with E-state index in [1.165, 1.54) is 18.2 Å². The second kappa shape index (κ2) is 5.77. The number of rotatable bonds is 5. The first kappa shape index (κ1) is 4.74. The standard InChI is InChI=1S/C16H21N3O2/c1-19(2)6-5-12-9-17-15-4-3-11(8-14(12)15)7-13-10-21-16(20)18-13/h3-4,8-9,13,17H,5-7,10H2,1-2H3,(H,18,20)/t13-/m0/s1/i1D3,2D3,5D2,6D2,9D,10D2/hD2. The van der Waals surface area contributed by atoms with Gasteiger partial charge in [-0.15, -0.1) is 0 Å². The lowest BCUT2D eigenvalue weighted by molar-refractivity contribution is 0.177. The van der Waals surface area contributed by atoms with Gasteiger partial charge in [0.2, 0.25) is 0 Å². The number of carbonyl (C=O) groups excluding carboxylic acids is 1. The molecule has 1 aliphatic heterocycles. The highest BCUT2D eigenvalue weighted by atomic mass is 16.6. The van der Waals surface area contributed by atoms with Crippen LogP contribution in [-0.4, -0.2) is 49.0 Å². The molecule has 1 aromatic carbocycles. The molecular weight excluding hydrogens is 266 g/mol. The van der Waals surface area contributed by atoms with Crippen LogP contribution in [0.5, 0.6) is 0 Å². The molecule has 0 aliphatic carbocycles. The number of amides is 1. The molecule has 5 heteroatoms. The van der Waals surface area contributed by atoms with Crippen LogP contribution in [0.2, 0.25) is 2.82 Å². The van der Waals surface area contributed by atoms with Crippen LogP contribution in [0.4, 0.5) is 4.79 Å². The average molecular weight is 302 g/mol. The van der Waals surface area contributed by atoms with Gasteiger partial charge in [0.1, 0.15) is 6.56 Å². The number of aryl methyl sites for hydroxylation is 1. The largest absolute Gasteiger partial charge is 0.447 e. The average Bonchev–Trinajstić information content (AvgIpc) is 3.02. The molecule has 1 aromatic heterocycles. The van der Waals surface area contributed by atoms with E-state index >= 15 is 0 Å². The summed E-state index contributed by atoms with van der Waals surface area (Å²) in [5.74, 6) is 0. The van der Waals surface area contributed by atoms with Gasteiger partial charge < -0.3 is 19.9 Å². The minimum atomic E-state index is -3.73. The van der Waals surface area contributed by atoms with Crippen LogP contribution in [0.3, 0.4) is 0 Å². The molecule has 21 heavy (non-hydrogen) atoms. The fourth-order valence-electron chi connectivity index (χ4n) is 2.00. The van der Waals surface area contributed by atoms with E-state index in [4.69, 9.17) is 20.6 Å². The van der Waals surface area contributed by atoms with Crippen molar-refractivity contribution in [2.24, 2.45) is 0 Å². The van der Waals surface area contributed by atoms with Crippen LogP contribution in [-0.2, 0) is 17.5 Å². The van der Waals surface area contributed by atoms with Crippen molar-refractivity contribution in [1.82, 2.24) is 15.2 Å². The SMILES string of the molecule is [2H]c1c(C([2H])([2H])C([2H])([2H])N(C([2H])([2H])[2H])C([2H])([2H])[2H])c2cc(C[C@@H]3N([2H])C(=O)OC3([2H])[2H])ccc2n1[2H]. The number of aromatic amines is 1. The van der Waals surface area contributed by atoms with Gasteiger partial charge in [0.05, 0.1) is 10.2 Å². The third-order valence-electron chi connectivity index (χ3n) is 2.88. The number of hydrogen-bond acceptors (Lipinski definition) is 3. The molecule has 0 unspecified atom stereocenters. The van der Waals surface area contributed by atoms with Crippen molar-refractivity contribution in [3.63, 3.8) is 0 Å². The molecule has 0 bridgehead atoms. The van der Waals surface area contributed by atoms with Gasteiger partial charge in [-0.1, -0.05) is 6.07 Å². The molecule has 2 heterocycles. The molecule has 0 saturated carbocycles. The summed E-state index contributed by atoms with van der Waals surface area (Å²) in [7, 11) is 0. The number of benzene rings is 1. The third kappa shape index (κ3) is 3.19. The molecule has 0 spiro atoms. The number of alkyl carbamates (subject to hydrolysis) is 1. The summed E-state index contributed by atoms with van der Waals surface area (Å²) in [6, 6.07) is 2.38. The summed E-state index contributed by atoms with van der Waals surface area (Å²) in [6.07, 6.45) is -5.88. The first-order valence-corrected chi connectivity index (χ1v) is 6.00. The summed E-state index contributed by atoms with van der Waals surface area (Å²) in [4.78, 5) is 11.5. The highest BCUT2D eigenvalue weighted by Crippen LogP contribution is 2.21. The van der Waals surface area contributed by atoms with Crippen molar-refractivity contribution in [1.29, 1.82) is 0 Å². The van der Waals surface area contributed by atoms with E-state index in [0.29, 0.717) is 10.3 Å². The van der Waals surface area contributed by atoms with Crippen molar-refractivity contribution in [3.05, 3.63) is 35.5 Å². The Balaban J connectivity index is 2.19. The van der Waals surface area contributed by atoms with Crippen LogP contribution in [0.25, 0.3) is 10.9 Å². The molecule has 1 amide bonds. The molecule has 5 nitrogen and oxygen atoms in total. The van der Waals surface area contributed by atoms with Gasteiger partial charge in [0.15, 0.2) is 2.82 Å². The zero-order chi connectivity index (χ0) is 27.8. The zero-order valence-corrected chi connectivity index (χ0v) is 10.7. The summed E-state index contributed by atoms with van der Waals surface area (Å²) >= 11 is 0. The number of fused-ring (bicyclic) bond motifs is 1. The maximum atomic E-state index is 11.6. The van der Waals surface area contributed by atoms with Gasteiger partial charge in [-0.3, -0.25) is 0 Å². The van der Waals surface area contributed by atoms with Gasteiger partial charge in [0.25, 0.3) is 0 Å². The summed E-state index contributed by atoms with van der Waals surface area (Å²) in [5, 5.41) is 0.0544. The zero-order valence-electron chi connectivity index (χ0n) is 25.7. The summed E-state index contributed by atoms with van der Waals surface area (Å²) in [6.45, 7) is -13.5. The molecule has 1 atom stereocenters. The van der Waals surface area contributed by atoms with E-state index in [1.54, 1.807) is 0 Å². The minimum absolute atomic E-state index is 0.0998. The molecule has 1 fully saturated rings. The Labute approximate surface area is 145 Å². The second-order valence-corrected chi connectivity index (χ2v) is 4.36. The number of aromatic nitrogens is 1. The Morgan fingerprint density at radius 3 is 3.33 bits per heavy atom. The Kier molecular flexibility index (Phi) is 1.30. The number of cyclic esters (lactones) is 1. The summed E-state index contributed by atoms with van der Waals surface area (Å²) < 4.78 is 123. The quantitative estimate of drug-likeness (QED) is 0.887. The molecule has 2 N–H and O–H groups in total. The van der Waals surface area contributed by atoms with Crippen LogP contribution < -0.4 is 5.31 Å². The second-order valence-electron chi connectivity index (χ2n) is 4.36. The lowest BCUT2D eigenvalue weighted by Gasteiger charge is -2.09. The number of nitrogens with zero attached hydrogens (tertiary/aromatic N) is 1. The van der Waals surface area contributed by atoms with Crippen molar-refractivity contribution in [2.45, 2.75) is 18.8 Å². The monoisotopic (exact) mass is 302 g/mol. The number of carbonyl (C=O) groups is 1. The van der Waals surface area contributed by atoms with Crippen LogP contribution in [0, 0.1) is 0 Å². The maximum absolute atomic E-state index is 11.6. The van der Waals surface area contributed by atoms with Gasteiger partial charge in [-0.05, 0) is 50.0 Å². The van der Waals surface area contributed by atoms with E-state index in [0.717, 1.165) is 0 Å². The van der Waals surface area contributed by atoms with Crippen molar-refractivity contribution < 1.29 is 30.2 Å². The summed E-state index contributed by atoms with van der Waals surface area (Å²) in [5.41, 5.74) is -0.710. The highest BCUT2D eigenvalue weighted by Gasteiger charge is 2.22. The van der Waals surface area contributed by atoms with E-state index in [9.17, 15) is 4.79 Å². The number of ether oxygens (including phenoxy) is 1. The lowest BCUT2D eigenvalue weighted by atomic mass is 10.0. The third-order valence-corrected chi connectivity index (χ3v) is 2.88. The van der Waals surface area contributed by atoms with Gasteiger partial charge in [-0.25, -0.2) is 4.79 Å². The number of likely N-dealkylation sites (N-methyl/N-ethyl adjacent to an activating group) is 1. The predicted octanol–water partition coefficient (Wildman–Crippen LogP) is 1.92. The Morgan fingerprint density at radius 1 is 1.67 bits per heavy atom. The van der Waals surface area contributed by atoms with Crippen LogP contribution in [0.15, 0.2) is 24.4 Å². The first-order chi connectivity index (χ1) is 16.0. The number of nitrogens with one attached hydrogen (secondary N) is 2. The Morgan fingerprint density at radius 2 is 2.57 bits per heavy atom. The van der Waals surface area contributed by atoms with E-state index in [-0.39, 0.29) is 22.9 Å². The maximum Gasteiger partial charge on any atom is 0.407 e. The van der Waals surface area contributed by atoms with E-state index < -0.39 is 62.2 Å². The highest BCUT2D eigenvalue weighted by molar-refractivity contribution is 5.84. The van der Waals surface area contributed by atoms with Crippen LogP contribution >= 0.6 is 0 Å². The molecule has 3 rings (SSSR count). The number of hydrogen-bond donors (Lipinski definition) is 2. The molecule has 1 aliphatic rings. The predicted molar refractivity (Wildman–Crippen MR) is 82.5 cm³/mol. The topological polar surface area (TPSA) is 57.4 Å². The molecular formula is C16H21N3O2. The first-order valence-electron chi connectivity index (χ1n) is 13.4. The lowest BCUT2D eigenvalue weighted by Crippen LogP contribution is -2.28. The number of H-pyrrole nitrogens is 1. The molecule has 1 saturated heterocycles. The minimum Gasteiger partial charge on any atom is -0.447 e. The fraction of sp³-hybridized carbons (Fsp3) is 0.438. The van der Waals surface area contributed by atoms with Crippen molar-refractivity contribution in [3.8, 4) is 0 Å². The van der Waals surface area contributed by atoms with Crippen molar-refractivity contribution in [2.75, 3.05) is 27.0 Å². The van der Waals surface area contributed by atoms with E-state index in [1.807, 2.05) is 0 Å². The van der Waals surface area contributed by atoms with E-state index in [2.05, 4.69) is 4.74 Å². The smallest absolute Gasteiger partial charge is 0.407 e. The fourth-order valence-corrected chi connectivity index (χ4v) is 2.00. The Hall–Kier alpha value is -2.01. The van der Waals surface area contributed by atoms with Crippen LogP contribution in [0.1, 0.15) is 28.9 Å². The van der Waals surface area contributed by atoms with Gasteiger partial charge >= 0.3 is 6.09 Å². The van der Waals surface area contributed by atoms with Gasteiger partial charge in [-0.2, -0.15) is 0 Å². The van der Waals surface area contributed by atoms with Crippen molar-refractivity contribution >= 4 is 17.0 Å². The van der Waals surface area contributed by atoms with Gasteiger partial charge in [0, 0.05) is 37.3 Å². The molecule has 0 radical (unpaired) electrons. The molecule has 112 valence electrons. The normalized spacial score (nSPS) is 34.1. The molecule has 2 aromatic rings. The Bertz CT molecular complexity index is 1170.